The molecule has 2 N–H and O–H groups in total. The Labute approximate surface area is 127 Å². The lowest BCUT2D eigenvalue weighted by Crippen LogP contribution is -2.35. The number of hydrogen-bond acceptors (Lipinski definition) is 4. The van der Waals surface area contributed by atoms with E-state index >= 15 is 0 Å². The van der Waals surface area contributed by atoms with Gasteiger partial charge < -0.3 is 10.0 Å². The number of aromatic nitrogens is 1. The predicted molar refractivity (Wildman–Crippen MR) is 85.9 cm³/mol. The van der Waals surface area contributed by atoms with Crippen molar-refractivity contribution >= 4 is 33.0 Å². The number of benzene rings is 1. The highest BCUT2D eigenvalue weighted by Crippen LogP contribution is 2.36. The lowest BCUT2D eigenvalue weighted by Gasteiger charge is -2.25. The normalized spacial score (nSPS) is 20.2. The van der Waals surface area contributed by atoms with Crippen molar-refractivity contribution in [2.45, 2.75) is 31.7 Å². The van der Waals surface area contributed by atoms with Gasteiger partial charge in [0.2, 0.25) is 0 Å². The maximum absolute atomic E-state index is 10.3. The van der Waals surface area contributed by atoms with Gasteiger partial charge >= 0.3 is 0 Å². The first-order valence-electron chi connectivity index (χ1n) is 7.37. The summed E-state index contributed by atoms with van der Waals surface area (Å²) in [5, 5.41) is 19.5. The number of amidine groups is 1. The van der Waals surface area contributed by atoms with Crippen molar-refractivity contribution in [1.82, 2.24) is 9.88 Å². The fraction of sp³-hybridized carbons (Fsp3) is 0.375. The van der Waals surface area contributed by atoms with Gasteiger partial charge in [-0.1, -0.05) is 25.0 Å². The van der Waals surface area contributed by atoms with Crippen LogP contribution in [0.25, 0.3) is 15.8 Å². The zero-order valence-corrected chi connectivity index (χ0v) is 12.5. The Balaban J connectivity index is 1.70. The van der Waals surface area contributed by atoms with E-state index in [4.69, 9.17) is 5.41 Å². The molecule has 0 spiro atoms. The number of nitrogens with one attached hydrogen (secondary N) is 1. The molecule has 1 aliphatic heterocycles. The van der Waals surface area contributed by atoms with Crippen LogP contribution in [0.15, 0.2) is 30.0 Å². The summed E-state index contributed by atoms with van der Waals surface area (Å²) in [4.78, 5) is 6.64. The van der Waals surface area contributed by atoms with Gasteiger partial charge in [0, 0.05) is 6.04 Å². The monoisotopic (exact) mass is 299 g/mol. The Morgan fingerprint density at radius 2 is 2.00 bits per heavy atom. The van der Waals surface area contributed by atoms with Crippen LogP contribution in [0, 0.1) is 5.41 Å². The second kappa shape index (κ2) is 4.84. The smallest absolute Gasteiger partial charge is 0.135 e. The first kappa shape index (κ1) is 12.8. The van der Waals surface area contributed by atoms with Crippen LogP contribution >= 0.6 is 11.3 Å². The van der Waals surface area contributed by atoms with Gasteiger partial charge in [0.25, 0.3) is 0 Å². The van der Waals surface area contributed by atoms with Crippen molar-refractivity contribution < 1.29 is 5.11 Å². The highest BCUT2D eigenvalue weighted by Gasteiger charge is 2.35. The number of aliphatic hydroxyl groups excluding tert-OH is 1. The molecule has 0 unspecified atom stereocenters. The minimum Gasteiger partial charge on any atom is -0.510 e. The van der Waals surface area contributed by atoms with Crippen LogP contribution in [0.5, 0.6) is 0 Å². The lowest BCUT2D eigenvalue weighted by atomic mass is 10.2. The summed E-state index contributed by atoms with van der Waals surface area (Å²) in [5.74, 6) is 0.740. The van der Waals surface area contributed by atoms with E-state index in [0.29, 0.717) is 29.8 Å². The quantitative estimate of drug-likeness (QED) is 0.886. The summed E-state index contributed by atoms with van der Waals surface area (Å²) in [7, 11) is 0. The molecule has 0 radical (unpaired) electrons. The second-order valence-electron chi connectivity index (χ2n) is 5.72. The molecule has 4 nitrogen and oxygen atoms in total. The van der Waals surface area contributed by atoms with E-state index in [1.807, 2.05) is 29.2 Å². The van der Waals surface area contributed by atoms with Crippen LogP contribution in [0.4, 0.5) is 0 Å². The summed E-state index contributed by atoms with van der Waals surface area (Å²) in [6.07, 6.45) is 4.71. The number of para-hydroxylation sites is 1. The van der Waals surface area contributed by atoms with E-state index in [1.54, 1.807) is 11.3 Å². The zero-order valence-electron chi connectivity index (χ0n) is 11.7. The van der Waals surface area contributed by atoms with Gasteiger partial charge in [0.15, 0.2) is 0 Å². The van der Waals surface area contributed by atoms with Crippen molar-refractivity contribution in [2.75, 3.05) is 6.54 Å². The van der Waals surface area contributed by atoms with Crippen molar-refractivity contribution in [3.8, 4) is 0 Å². The third-order valence-corrected chi connectivity index (χ3v) is 5.46. The number of fused-ring (bicyclic) bond motifs is 1. The average Bonchev–Trinajstić information content (AvgIpc) is 3.17. The average molecular weight is 299 g/mol. The SMILES string of the molecule is N=C1C(c2nc3ccccc3s2)=C(O)CN1C1CCCC1. The second-order valence-corrected chi connectivity index (χ2v) is 6.75. The summed E-state index contributed by atoms with van der Waals surface area (Å²) in [6.45, 7) is 0.467. The Bertz CT molecular complexity index is 710. The van der Waals surface area contributed by atoms with Crippen molar-refractivity contribution in [2.24, 2.45) is 0 Å². The van der Waals surface area contributed by atoms with Crippen LogP contribution in [-0.4, -0.2) is 33.4 Å². The fourth-order valence-corrected chi connectivity index (χ4v) is 4.36. The van der Waals surface area contributed by atoms with Gasteiger partial charge in [0.1, 0.15) is 16.6 Å². The molecule has 1 aromatic heterocycles. The fourth-order valence-electron chi connectivity index (χ4n) is 3.33. The third kappa shape index (κ3) is 2.03. The number of nitrogens with zero attached hydrogens (tertiary/aromatic N) is 2. The molecule has 2 aliphatic rings. The van der Waals surface area contributed by atoms with Crippen molar-refractivity contribution in [3.63, 3.8) is 0 Å². The molecular formula is C16H17N3OS. The number of aliphatic hydroxyl groups is 1. The van der Waals surface area contributed by atoms with E-state index in [-0.39, 0.29) is 0 Å². The summed E-state index contributed by atoms with van der Waals surface area (Å²) in [6, 6.07) is 8.36. The molecule has 1 fully saturated rings. The molecule has 0 saturated heterocycles. The van der Waals surface area contributed by atoms with Gasteiger partial charge in [-0.15, -0.1) is 11.3 Å². The Morgan fingerprint density at radius 1 is 1.24 bits per heavy atom. The van der Waals surface area contributed by atoms with Gasteiger partial charge in [-0.25, -0.2) is 4.98 Å². The van der Waals surface area contributed by atoms with Crippen molar-refractivity contribution in [3.05, 3.63) is 35.0 Å². The number of hydrogen-bond donors (Lipinski definition) is 2. The largest absolute Gasteiger partial charge is 0.510 e. The molecule has 2 aromatic rings. The molecular weight excluding hydrogens is 282 g/mol. The Kier molecular flexibility index (Phi) is 2.96. The number of rotatable bonds is 2. The molecule has 0 amide bonds. The first-order chi connectivity index (χ1) is 10.2. The van der Waals surface area contributed by atoms with E-state index in [9.17, 15) is 5.11 Å². The van der Waals surface area contributed by atoms with Gasteiger partial charge in [-0.05, 0) is 25.0 Å². The molecule has 1 saturated carbocycles. The van der Waals surface area contributed by atoms with Crippen LogP contribution in [0.3, 0.4) is 0 Å². The molecule has 5 heteroatoms. The third-order valence-electron chi connectivity index (χ3n) is 4.41. The van der Waals surface area contributed by atoms with Gasteiger partial charge in [-0.2, -0.15) is 0 Å². The lowest BCUT2D eigenvalue weighted by molar-refractivity contribution is 0.296. The highest BCUT2D eigenvalue weighted by molar-refractivity contribution is 7.19. The highest BCUT2D eigenvalue weighted by atomic mass is 32.1. The number of thiazole rings is 1. The summed E-state index contributed by atoms with van der Waals surface area (Å²) >= 11 is 1.55. The summed E-state index contributed by atoms with van der Waals surface area (Å²) < 4.78 is 1.10. The molecule has 0 atom stereocenters. The van der Waals surface area contributed by atoms with Crippen LogP contribution < -0.4 is 0 Å². The molecule has 1 aromatic carbocycles. The maximum atomic E-state index is 10.3. The minimum atomic E-state index is 0.297. The summed E-state index contributed by atoms with van der Waals surface area (Å²) in [5.41, 5.74) is 1.56. The molecule has 0 bridgehead atoms. The van der Waals surface area contributed by atoms with Gasteiger partial charge in [-0.3, -0.25) is 5.41 Å². The van der Waals surface area contributed by atoms with Crippen LogP contribution in [0.2, 0.25) is 0 Å². The first-order valence-corrected chi connectivity index (χ1v) is 8.19. The molecule has 108 valence electrons. The molecule has 1 aliphatic carbocycles. The van der Waals surface area contributed by atoms with E-state index < -0.39 is 0 Å². The molecule has 2 heterocycles. The Morgan fingerprint density at radius 3 is 2.76 bits per heavy atom. The predicted octanol–water partition coefficient (Wildman–Crippen LogP) is 3.80. The zero-order chi connectivity index (χ0) is 14.4. The van der Waals surface area contributed by atoms with Gasteiger partial charge in [0.05, 0.1) is 22.3 Å². The van der Waals surface area contributed by atoms with Crippen molar-refractivity contribution in [1.29, 1.82) is 5.41 Å². The standard InChI is InChI=1S/C16H17N3OS/c17-15-14(12(20)9-19(15)10-5-1-2-6-10)16-18-11-7-3-4-8-13(11)21-16/h3-4,7-8,10,17,20H,1-2,5-6,9H2. The Hall–Kier alpha value is -1.88. The van der Waals surface area contributed by atoms with E-state index in [0.717, 1.165) is 28.1 Å². The van der Waals surface area contributed by atoms with E-state index in [1.165, 1.54) is 12.8 Å². The topological polar surface area (TPSA) is 60.2 Å². The minimum absolute atomic E-state index is 0.297. The van der Waals surface area contributed by atoms with E-state index in [2.05, 4.69) is 4.98 Å². The molecule has 4 rings (SSSR count). The maximum Gasteiger partial charge on any atom is 0.135 e. The van der Waals surface area contributed by atoms with Crippen LogP contribution in [-0.2, 0) is 0 Å². The van der Waals surface area contributed by atoms with Crippen LogP contribution in [0.1, 0.15) is 30.7 Å². The molecule has 21 heavy (non-hydrogen) atoms.